The molecule has 0 radical (unpaired) electrons. The Balaban J connectivity index is 1.53. The Bertz CT molecular complexity index is 1090. The maximum absolute atomic E-state index is 12.3. The SMILES string of the molecule is Cc1ccc(NC(=O)CSc2nnc3[nH]c(=O)c4c(n23)CCCC4)cc1Cl. The zero-order valence-corrected chi connectivity index (χ0v) is 16.3. The molecular formula is C18H18ClN5O2S. The van der Waals surface area contributed by atoms with E-state index < -0.39 is 0 Å². The highest BCUT2D eigenvalue weighted by Gasteiger charge is 2.20. The van der Waals surface area contributed by atoms with Crippen molar-refractivity contribution in [3.05, 3.63) is 50.4 Å². The Labute approximate surface area is 164 Å². The largest absolute Gasteiger partial charge is 0.325 e. The maximum atomic E-state index is 12.3. The summed E-state index contributed by atoms with van der Waals surface area (Å²) in [5.74, 6) is 0.448. The fourth-order valence-electron chi connectivity index (χ4n) is 3.24. The van der Waals surface area contributed by atoms with Gasteiger partial charge < -0.3 is 5.32 Å². The average Bonchev–Trinajstić information content (AvgIpc) is 3.06. The number of carbonyl (C=O) groups excluding carboxylic acids is 1. The third kappa shape index (κ3) is 3.59. The van der Waals surface area contributed by atoms with Crippen molar-refractivity contribution in [2.45, 2.75) is 37.8 Å². The number of fused-ring (bicyclic) bond motifs is 3. The summed E-state index contributed by atoms with van der Waals surface area (Å²) in [6.45, 7) is 1.91. The van der Waals surface area contributed by atoms with Gasteiger partial charge in [-0.2, -0.15) is 0 Å². The zero-order chi connectivity index (χ0) is 19.0. The van der Waals surface area contributed by atoms with E-state index in [1.807, 2.05) is 23.5 Å². The third-order valence-electron chi connectivity index (χ3n) is 4.63. The Hall–Kier alpha value is -2.32. The molecule has 2 heterocycles. The van der Waals surface area contributed by atoms with Crippen LogP contribution < -0.4 is 10.9 Å². The van der Waals surface area contributed by atoms with Crippen LogP contribution in [0.15, 0.2) is 28.2 Å². The lowest BCUT2D eigenvalue weighted by molar-refractivity contribution is -0.113. The summed E-state index contributed by atoms with van der Waals surface area (Å²) in [6, 6.07) is 5.41. The fraction of sp³-hybridized carbons (Fsp3) is 0.333. The molecule has 0 spiro atoms. The fourth-order valence-corrected chi connectivity index (χ4v) is 4.18. The molecular weight excluding hydrogens is 386 g/mol. The number of rotatable bonds is 4. The number of halogens is 1. The van der Waals surface area contributed by atoms with Crippen LogP contribution in [0.3, 0.4) is 0 Å². The summed E-state index contributed by atoms with van der Waals surface area (Å²) >= 11 is 7.39. The van der Waals surface area contributed by atoms with Crippen molar-refractivity contribution in [1.29, 1.82) is 0 Å². The summed E-state index contributed by atoms with van der Waals surface area (Å²) in [6.07, 6.45) is 3.61. The number of aromatic amines is 1. The van der Waals surface area contributed by atoms with Crippen molar-refractivity contribution in [2.24, 2.45) is 0 Å². The van der Waals surface area contributed by atoms with Crippen LogP contribution in [-0.4, -0.2) is 31.2 Å². The smallest absolute Gasteiger partial charge is 0.255 e. The number of aromatic nitrogens is 4. The molecule has 0 saturated carbocycles. The molecule has 9 heteroatoms. The highest BCUT2D eigenvalue weighted by Crippen LogP contribution is 2.24. The first-order valence-electron chi connectivity index (χ1n) is 8.71. The number of nitrogens with one attached hydrogen (secondary N) is 2. The van der Waals surface area contributed by atoms with E-state index in [1.165, 1.54) is 11.8 Å². The van der Waals surface area contributed by atoms with Gasteiger partial charge in [0, 0.05) is 22.0 Å². The quantitative estimate of drug-likeness (QED) is 0.653. The predicted molar refractivity (Wildman–Crippen MR) is 106 cm³/mol. The Morgan fingerprint density at radius 3 is 2.96 bits per heavy atom. The van der Waals surface area contributed by atoms with Crippen LogP contribution in [0, 0.1) is 6.92 Å². The lowest BCUT2D eigenvalue weighted by Gasteiger charge is -2.16. The van der Waals surface area contributed by atoms with Gasteiger partial charge in [0.15, 0.2) is 5.16 Å². The van der Waals surface area contributed by atoms with Gasteiger partial charge >= 0.3 is 0 Å². The molecule has 1 aliphatic rings. The summed E-state index contributed by atoms with van der Waals surface area (Å²) in [4.78, 5) is 27.3. The summed E-state index contributed by atoms with van der Waals surface area (Å²) in [7, 11) is 0. The Kier molecular flexibility index (Phi) is 4.92. The summed E-state index contributed by atoms with van der Waals surface area (Å²) in [5, 5.41) is 12.3. The molecule has 1 amide bonds. The summed E-state index contributed by atoms with van der Waals surface area (Å²) < 4.78 is 1.87. The third-order valence-corrected chi connectivity index (χ3v) is 5.97. The Morgan fingerprint density at radius 1 is 1.33 bits per heavy atom. The van der Waals surface area contributed by atoms with Crippen LogP contribution in [-0.2, 0) is 17.6 Å². The molecule has 2 N–H and O–H groups in total. The first kappa shape index (κ1) is 18.1. The van der Waals surface area contributed by atoms with Crippen molar-refractivity contribution in [2.75, 3.05) is 11.1 Å². The molecule has 3 aromatic rings. The van der Waals surface area contributed by atoms with E-state index in [0.29, 0.717) is 21.6 Å². The molecule has 1 aliphatic carbocycles. The monoisotopic (exact) mass is 403 g/mol. The number of thioether (sulfide) groups is 1. The molecule has 27 heavy (non-hydrogen) atoms. The minimum absolute atomic E-state index is 0.0878. The van der Waals surface area contributed by atoms with Crippen molar-refractivity contribution >= 4 is 40.7 Å². The van der Waals surface area contributed by atoms with Crippen LogP contribution in [0.5, 0.6) is 0 Å². The normalized spacial score (nSPS) is 13.6. The molecule has 2 aromatic heterocycles. The number of carbonyl (C=O) groups is 1. The lowest BCUT2D eigenvalue weighted by Crippen LogP contribution is -2.23. The maximum Gasteiger partial charge on any atom is 0.255 e. The van der Waals surface area contributed by atoms with Crippen LogP contribution in [0.4, 0.5) is 5.69 Å². The van der Waals surface area contributed by atoms with Crippen LogP contribution in [0.2, 0.25) is 5.02 Å². The number of hydrogen-bond donors (Lipinski definition) is 2. The van der Waals surface area contributed by atoms with E-state index in [9.17, 15) is 9.59 Å². The minimum Gasteiger partial charge on any atom is -0.325 e. The number of anilines is 1. The first-order chi connectivity index (χ1) is 13.0. The second kappa shape index (κ2) is 7.36. The van der Waals surface area contributed by atoms with Crippen molar-refractivity contribution < 1.29 is 4.79 Å². The highest BCUT2D eigenvalue weighted by atomic mass is 35.5. The molecule has 0 saturated heterocycles. The number of aryl methyl sites for hydroxylation is 2. The standard InChI is InChI=1S/C18H18ClN5O2S/c1-10-6-7-11(8-13(10)19)20-15(25)9-27-18-23-22-17-21-16(26)12-4-2-3-5-14(12)24(17)18/h6-8H,2-5,9H2,1H3,(H,20,25)(H,21,22,26). The average molecular weight is 404 g/mol. The molecule has 1 aromatic carbocycles. The van der Waals surface area contributed by atoms with Crippen molar-refractivity contribution in [1.82, 2.24) is 19.6 Å². The van der Waals surface area contributed by atoms with Crippen molar-refractivity contribution in [3.8, 4) is 0 Å². The van der Waals surface area contributed by atoms with Gasteiger partial charge in [0.05, 0.1) is 5.75 Å². The van der Waals surface area contributed by atoms with Gasteiger partial charge in [-0.25, -0.2) is 0 Å². The van der Waals surface area contributed by atoms with E-state index in [1.54, 1.807) is 6.07 Å². The second-order valence-electron chi connectivity index (χ2n) is 6.53. The van der Waals surface area contributed by atoms with E-state index in [4.69, 9.17) is 11.6 Å². The predicted octanol–water partition coefficient (Wildman–Crippen LogP) is 2.99. The van der Waals surface area contributed by atoms with Gasteiger partial charge in [-0.15, -0.1) is 10.2 Å². The molecule has 4 rings (SSSR count). The summed E-state index contributed by atoms with van der Waals surface area (Å²) in [5.41, 5.74) is 3.28. The van der Waals surface area contributed by atoms with Gasteiger partial charge in [0.25, 0.3) is 5.56 Å². The van der Waals surface area contributed by atoms with Gasteiger partial charge in [0.2, 0.25) is 11.7 Å². The minimum atomic E-state index is -0.157. The number of benzene rings is 1. The van der Waals surface area contributed by atoms with Gasteiger partial charge in [-0.1, -0.05) is 29.4 Å². The van der Waals surface area contributed by atoms with Crippen molar-refractivity contribution in [3.63, 3.8) is 0 Å². The van der Waals surface area contributed by atoms with Crippen LogP contribution >= 0.6 is 23.4 Å². The molecule has 0 aliphatic heterocycles. The molecule has 0 bridgehead atoms. The van der Waals surface area contributed by atoms with E-state index >= 15 is 0 Å². The highest BCUT2D eigenvalue weighted by molar-refractivity contribution is 7.99. The van der Waals surface area contributed by atoms with Crippen LogP contribution in [0.1, 0.15) is 29.7 Å². The Morgan fingerprint density at radius 2 is 2.15 bits per heavy atom. The molecule has 0 unspecified atom stereocenters. The second-order valence-corrected chi connectivity index (χ2v) is 7.88. The number of H-pyrrole nitrogens is 1. The zero-order valence-electron chi connectivity index (χ0n) is 14.7. The van der Waals surface area contributed by atoms with Gasteiger partial charge in [-0.05, 0) is 50.3 Å². The molecule has 7 nitrogen and oxygen atoms in total. The lowest BCUT2D eigenvalue weighted by atomic mass is 9.97. The van der Waals surface area contributed by atoms with E-state index in [0.717, 1.165) is 42.5 Å². The molecule has 0 fully saturated rings. The number of hydrogen-bond acceptors (Lipinski definition) is 5. The van der Waals surface area contributed by atoms with Gasteiger partial charge in [-0.3, -0.25) is 19.0 Å². The van der Waals surface area contributed by atoms with Gasteiger partial charge in [0.1, 0.15) is 0 Å². The molecule has 0 atom stereocenters. The first-order valence-corrected chi connectivity index (χ1v) is 10.1. The molecule has 140 valence electrons. The topological polar surface area (TPSA) is 92.2 Å². The van der Waals surface area contributed by atoms with Crippen LogP contribution in [0.25, 0.3) is 5.78 Å². The van der Waals surface area contributed by atoms with E-state index in [2.05, 4.69) is 20.5 Å². The number of amides is 1. The van der Waals surface area contributed by atoms with E-state index in [-0.39, 0.29) is 17.2 Å². The number of nitrogens with zero attached hydrogens (tertiary/aromatic N) is 3.